The maximum absolute atomic E-state index is 16.2. The minimum absolute atomic E-state index is 0.269. The number of carbonyl (C=O) groups is 1. The summed E-state index contributed by atoms with van der Waals surface area (Å²) in [5, 5.41) is 0.845. The quantitative estimate of drug-likeness (QED) is 0.286. The molecule has 0 bridgehead atoms. The maximum atomic E-state index is 16.2. The van der Waals surface area contributed by atoms with Crippen molar-refractivity contribution in [2.45, 2.75) is 46.6 Å². The van der Waals surface area contributed by atoms with Gasteiger partial charge in [0.05, 0.1) is 11.1 Å². The van der Waals surface area contributed by atoms with Gasteiger partial charge in [0, 0.05) is 23.0 Å². The number of amides is 1. The molecule has 0 aliphatic heterocycles. The third-order valence-corrected chi connectivity index (χ3v) is 6.62. The lowest BCUT2D eigenvalue weighted by Crippen LogP contribution is -2.35. The second-order valence-corrected chi connectivity index (χ2v) is 10.1. The number of rotatable bonds is 8. The van der Waals surface area contributed by atoms with Crippen LogP contribution in [0.5, 0.6) is 0 Å². The summed E-state index contributed by atoms with van der Waals surface area (Å²) in [7, 11) is 0. The van der Waals surface area contributed by atoms with E-state index in [0.717, 1.165) is 33.3 Å². The molecule has 0 aliphatic rings. The number of nitrogens with two attached hydrogens (primary N) is 1. The Kier molecular flexibility index (Phi) is 6.93. The number of benzene rings is 3. The average molecular weight is 469 g/mol. The normalized spacial score (nSPS) is 12.5. The summed E-state index contributed by atoms with van der Waals surface area (Å²) in [6.45, 7) is 8.27. The van der Waals surface area contributed by atoms with Gasteiger partial charge >= 0.3 is 0 Å². The van der Waals surface area contributed by atoms with Crippen LogP contribution in [0.2, 0.25) is 0 Å². The molecule has 35 heavy (non-hydrogen) atoms. The van der Waals surface area contributed by atoms with E-state index in [1.165, 1.54) is 0 Å². The molecule has 180 valence electrons. The Morgan fingerprint density at radius 3 is 2.23 bits per heavy atom. The lowest BCUT2D eigenvalue weighted by atomic mass is 9.92. The molecule has 4 aromatic rings. The van der Waals surface area contributed by atoms with E-state index < -0.39 is 5.41 Å². The number of hydrogen-bond acceptors (Lipinski definition) is 1. The smallest absolute Gasteiger partial charge is 0.224 e. The van der Waals surface area contributed by atoms with E-state index in [4.69, 9.17) is 5.73 Å². The van der Waals surface area contributed by atoms with Crippen molar-refractivity contribution < 1.29 is 9.18 Å². The first kappa shape index (κ1) is 24.5. The van der Waals surface area contributed by atoms with Gasteiger partial charge in [-0.25, -0.2) is 4.39 Å². The first-order valence-corrected chi connectivity index (χ1v) is 12.1. The molecule has 3 nitrogen and oxygen atoms in total. The SMILES string of the molecule is CC(C)c1ccc2c(c1)c(/C(F)=C/Cc1ccccc1)c(-c1ccccc1)n2CC(C)(C)C(N)=O. The number of halogens is 1. The molecule has 3 aromatic carbocycles. The van der Waals surface area contributed by atoms with Gasteiger partial charge in [0.2, 0.25) is 5.91 Å². The molecule has 4 heteroatoms. The van der Waals surface area contributed by atoms with Gasteiger partial charge in [0.25, 0.3) is 0 Å². The van der Waals surface area contributed by atoms with Crippen LogP contribution < -0.4 is 5.73 Å². The standard InChI is InChI=1S/C31H33FN2O/c1-21(2)24-16-18-27-25(19-24)28(26(32)17-15-22-11-7-5-8-12-22)29(23-13-9-6-10-14-23)34(27)20-31(3,4)30(33)35/h5-14,16-19,21H,15,20H2,1-4H3,(H2,33,35)/b26-17-. The Balaban J connectivity index is 2.01. The number of allylic oxidation sites excluding steroid dienone is 1. The summed E-state index contributed by atoms with van der Waals surface area (Å²) in [6, 6.07) is 25.9. The van der Waals surface area contributed by atoms with Crippen molar-refractivity contribution in [2.24, 2.45) is 11.1 Å². The number of fused-ring (bicyclic) bond motifs is 1. The third-order valence-electron chi connectivity index (χ3n) is 6.62. The highest BCUT2D eigenvalue weighted by Crippen LogP contribution is 2.41. The van der Waals surface area contributed by atoms with Gasteiger partial charge in [-0.2, -0.15) is 0 Å². The number of primary amides is 1. The maximum Gasteiger partial charge on any atom is 0.224 e. The zero-order valence-electron chi connectivity index (χ0n) is 20.9. The summed E-state index contributed by atoms with van der Waals surface area (Å²) in [5.74, 6) is -0.359. The summed E-state index contributed by atoms with van der Waals surface area (Å²) < 4.78 is 18.3. The third kappa shape index (κ3) is 5.07. The van der Waals surface area contributed by atoms with Gasteiger partial charge in [-0.15, -0.1) is 0 Å². The van der Waals surface area contributed by atoms with Gasteiger partial charge in [-0.1, -0.05) is 80.6 Å². The van der Waals surface area contributed by atoms with Crippen LogP contribution in [0.3, 0.4) is 0 Å². The van der Waals surface area contributed by atoms with Gasteiger partial charge in [-0.05, 0) is 61.1 Å². The molecule has 0 atom stereocenters. The molecule has 1 heterocycles. The Bertz CT molecular complexity index is 1370. The van der Waals surface area contributed by atoms with Gasteiger partial charge in [0.15, 0.2) is 0 Å². The molecule has 1 amide bonds. The largest absolute Gasteiger partial charge is 0.369 e. The van der Waals surface area contributed by atoms with Crippen LogP contribution in [0.25, 0.3) is 28.0 Å². The Labute approximate surface area is 207 Å². The predicted octanol–water partition coefficient (Wildman–Crippen LogP) is 7.50. The van der Waals surface area contributed by atoms with Crippen molar-refractivity contribution >= 4 is 22.6 Å². The van der Waals surface area contributed by atoms with Crippen molar-refractivity contribution in [3.05, 3.63) is 102 Å². The summed E-state index contributed by atoms with van der Waals surface area (Å²) in [5.41, 5.74) is 10.2. The van der Waals surface area contributed by atoms with Crippen LogP contribution in [0.4, 0.5) is 4.39 Å². The van der Waals surface area contributed by atoms with Crippen LogP contribution in [0.15, 0.2) is 84.9 Å². The van der Waals surface area contributed by atoms with Crippen LogP contribution in [0.1, 0.15) is 50.3 Å². The topological polar surface area (TPSA) is 48.0 Å². The second kappa shape index (κ2) is 9.91. The second-order valence-electron chi connectivity index (χ2n) is 10.1. The van der Waals surface area contributed by atoms with E-state index in [2.05, 4.69) is 30.5 Å². The number of nitrogens with zero attached hydrogens (tertiary/aromatic N) is 1. The van der Waals surface area contributed by atoms with Crippen molar-refractivity contribution in [1.82, 2.24) is 4.57 Å². The van der Waals surface area contributed by atoms with Crippen molar-refractivity contribution in [2.75, 3.05) is 0 Å². The van der Waals surface area contributed by atoms with E-state index in [1.54, 1.807) is 6.08 Å². The Morgan fingerprint density at radius 1 is 1.00 bits per heavy atom. The fourth-order valence-corrected chi connectivity index (χ4v) is 4.43. The van der Waals surface area contributed by atoms with Crippen molar-refractivity contribution in [3.8, 4) is 11.3 Å². The Morgan fingerprint density at radius 2 is 1.63 bits per heavy atom. The highest BCUT2D eigenvalue weighted by Gasteiger charge is 2.30. The fourth-order valence-electron chi connectivity index (χ4n) is 4.43. The average Bonchev–Trinajstić information content (AvgIpc) is 3.16. The summed E-state index contributed by atoms with van der Waals surface area (Å²) >= 11 is 0. The molecular formula is C31H33FN2O. The molecule has 4 rings (SSSR count). The zero-order valence-corrected chi connectivity index (χ0v) is 20.9. The number of hydrogen-bond donors (Lipinski definition) is 1. The van der Waals surface area contributed by atoms with Crippen LogP contribution in [-0.4, -0.2) is 10.5 Å². The van der Waals surface area contributed by atoms with E-state index in [9.17, 15) is 4.79 Å². The van der Waals surface area contributed by atoms with Crippen LogP contribution in [-0.2, 0) is 17.8 Å². The molecule has 0 saturated heterocycles. The molecule has 0 fully saturated rings. The molecule has 0 saturated carbocycles. The predicted molar refractivity (Wildman–Crippen MR) is 144 cm³/mol. The number of carbonyl (C=O) groups excluding carboxylic acids is 1. The van der Waals surface area contributed by atoms with Gasteiger partial charge < -0.3 is 10.3 Å². The van der Waals surface area contributed by atoms with Crippen LogP contribution >= 0.6 is 0 Å². The van der Waals surface area contributed by atoms with Gasteiger partial charge in [0.1, 0.15) is 5.83 Å². The van der Waals surface area contributed by atoms with Crippen LogP contribution in [0, 0.1) is 5.41 Å². The minimum Gasteiger partial charge on any atom is -0.369 e. The van der Waals surface area contributed by atoms with Crippen molar-refractivity contribution in [3.63, 3.8) is 0 Å². The van der Waals surface area contributed by atoms with E-state index in [-0.39, 0.29) is 11.7 Å². The fraction of sp³-hybridized carbons (Fsp3) is 0.258. The highest BCUT2D eigenvalue weighted by molar-refractivity contribution is 6.00. The molecule has 0 unspecified atom stereocenters. The van der Waals surface area contributed by atoms with Crippen molar-refractivity contribution in [1.29, 1.82) is 0 Å². The first-order chi connectivity index (χ1) is 16.7. The molecule has 0 aliphatic carbocycles. The van der Waals surface area contributed by atoms with E-state index >= 15 is 4.39 Å². The molecule has 2 N–H and O–H groups in total. The number of aromatic nitrogens is 1. The van der Waals surface area contributed by atoms with E-state index in [0.29, 0.717) is 24.4 Å². The summed E-state index contributed by atoms with van der Waals surface area (Å²) in [6.07, 6.45) is 2.15. The molecule has 0 spiro atoms. The summed E-state index contributed by atoms with van der Waals surface area (Å²) in [4.78, 5) is 12.3. The first-order valence-electron chi connectivity index (χ1n) is 12.1. The lowest BCUT2D eigenvalue weighted by Gasteiger charge is -2.24. The minimum atomic E-state index is -0.812. The highest BCUT2D eigenvalue weighted by atomic mass is 19.1. The lowest BCUT2D eigenvalue weighted by molar-refractivity contribution is -0.126. The molecule has 1 aromatic heterocycles. The Hall–Kier alpha value is -3.66. The van der Waals surface area contributed by atoms with E-state index in [1.807, 2.05) is 80.6 Å². The monoisotopic (exact) mass is 468 g/mol. The molecular weight excluding hydrogens is 435 g/mol. The van der Waals surface area contributed by atoms with Gasteiger partial charge in [-0.3, -0.25) is 4.79 Å². The zero-order chi connectivity index (χ0) is 25.2. The molecule has 0 radical (unpaired) electrons.